The first-order valence-electron chi connectivity index (χ1n) is 6.84. The molecule has 0 aliphatic heterocycles. The van der Waals surface area contributed by atoms with Crippen LogP contribution in [0.2, 0.25) is 0 Å². The third kappa shape index (κ3) is 4.13. The monoisotopic (exact) mass is 314 g/mol. The molecule has 2 rings (SSSR count). The zero-order valence-electron chi connectivity index (χ0n) is 12.3. The minimum Gasteiger partial charge on any atom is -0.494 e. The lowest BCUT2D eigenvalue weighted by Crippen LogP contribution is -2.30. The van der Waals surface area contributed by atoms with Crippen molar-refractivity contribution >= 4 is 17.5 Å². The number of benzene rings is 2. The maximum atomic E-state index is 12.0. The standard InChI is InChI=1S/C16H14N2O5/c1-2-23-14-8-6-11(7-9-14)15(19)17-16(20)12-4-3-5-13(10-12)18(21)22/h3-10H,2H2,1H3,(H,17,19,20). The number of hydrogen-bond acceptors (Lipinski definition) is 5. The van der Waals surface area contributed by atoms with E-state index >= 15 is 0 Å². The van der Waals surface area contributed by atoms with Crippen LogP contribution in [-0.4, -0.2) is 23.3 Å². The van der Waals surface area contributed by atoms with E-state index in [-0.39, 0.29) is 16.8 Å². The van der Waals surface area contributed by atoms with Gasteiger partial charge < -0.3 is 4.74 Å². The van der Waals surface area contributed by atoms with Crippen molar-refractivity contribution in [2.24, 2.45) is 0 Å². The van der Waals surface area contributed by atoms with E-state index in [4.69, 9.17) is 4.74 Å². The summed E-state index contributed by atoms with van der Waals surface area (Å²) in [4.78, 5) is 34.1. The molecule has 0 unspecified atom stereocenters. The molecule has 0 aliphatic rings. The summed E-state index contributed by atoms with van der Waals surface area (Å²) in [5, 5.41) is 12.9. The van der Waals surface area contributed by atoms with Gasteiger partial charge in [-0.05, 0) is 37.3 Å². The summed E-state index contributed by atoms with van der Waals surface area (Å²) in [5.74, 6) is -0.675. The molecule has 0 fully saturated rings. The smallest absolute Gasteiger partial charge is 0.270 e. The van der Waals surface area contributed by atoms with Crippen LogP contribution < -0.4 is 10.1 Å². The van der Waals surface area contributed by atoms with Gasteiger partial charge in [0, 0.05) is 23.3 Å². The molecule has 0 bridgehead atoms. The van der Waals surface area contributed by atoms with Gasteiger partial charge in [0.05, 0.1) is 11.5 Å². The van der Waals surface area contributed by atoms with E-state index in [2.05, 4.69) is 5.32 Å². The molecule has 0 atom stereocenters. The van der Waals surface area contributed by atoms with Crippen LogP contribution in [0.5, 0.6) is 5.75 Å². The molecule has 0 heterocycles. The van der Waals surface area contributed by atoms with Gasteiger partial charge in [0.15, 0.2) is 0 Å². The first kappa shape index (κ1) is 16.2. The van der Waals surface area contributed by atoms with Crippen LogP contribution in [0.25, 0.3) is 0 Å². The predicted octanol–water partition coefficient (Wildman–Crippen LogP) is 2.56. The van der Waals surface area contributed by atoms with E-state index in [0.29, 0.717) is 12.4 Å². The maximum absolute atomic E-state index is 12.0. The summed E-state index contributed by atoms with van der Waals surface area (Å²) in [6, 6.07) is 11.5. The first-order valence-corrected chi connectivity index (χ1v) is 6.84. The highest BCUT2D eigenvalue weighted by molar-refractivity contribution is 6.10. The molecule has 0 aromatic heterocycles. The normalized spacial score (nSPS) is 9.96. The van der Waals surface area contributed by atoms with Gasteiger partial charge in [0.1, 0.15) is 5.75 Å². The molecular formula is C16H14N2O5. The molecule has 0 spiro atoms. The zero-order valence-corrected chi connectivity index (χ0v) is 12.3. The Morgan fingerprint density at radius 1 is 1.09 bits per heavy atom. The number of carbonyl (C=O) groups excluding carboxylic acids is 2. The number of rotatable bonds is 5. The molecular weight excluding hydrogens is 300 g/mol. The van der Waals surface area contributed by atoms with Gasteiger partial charge >= 0.3 is 0 Å². The van der Waals surface area contributed by atoms with E-state index < -0.39 is 16.7 Å². The van der Waals surface area contributed by atoms with Crippen LogP contribution in [0.15, 0.2) is 48.5 Å². The first-order chi connectivity index (χ1) is 11.0. The molecule has 0 aliphatic carbocycles. The number of nitro groups is 1. The van der Waals surface area contributed by atoms with Gasteiger partial charge in [0.2, 0.25) is 0 Å². The van der Waals surface area contributed by atoms with E-state index in [1.165, 1.54) is 30.3 Å². The van der Waals surface area contributed by atoms with Gasteiger partial charge in [0.25, 0.3) is 17.5 Å². The van der Waals surface area contributed by atoms with E-state index in [0.717, 1.165) is 6.07 Å². The Balaban J connectivity index is 2.08. The molecule has 2 aromatic rings. The largest absolute Gasteiger partial charge is 0.494 e. The fourth-order valence-corrected chi connectivity index (χ4v) is 1.88. The molecule has 1 N–H and O–H groups in total. The summed E-state index contributed by atoms with van der Waals surface area (Å²) >= 11 is 0. The van der Waals surface area contributed by atoms with Gasteiger partial charge in [-0.2, -0.15) is 0 Å². The molecule has 0 saturated carbocycles. The summed E-state index contributed by atoms with van der Waals surface area (Å²) in [6.07, 6.45) is 0. The van der Waals surface area contributed by atoms with Gasteiger partial charge in [-0.1, -0.05) is 6.07 Å². The number of ether oxygens (including phenoxy) is 1. The Labute approximate surface area is 132 Å². The number of nitrogens with one attached hydrogen (secondary N) is 1. The second-order valence-electron chi connectivity index (χ2n) is 4.55. The Bertz CT molecular complexity index is 740. The highest BCUT2D eigenvalue weighted by Crippen LogP contribution is 2.14. The van der Waals surface area contributed by atoms with Crippen molar-refractivity contribution in [3.05, 3.63) is 69.8 Å². The van der Waals surface area contributed by atoms with Crippen molar-refractivity contribution in [2.75, 3.05) is 6.61 Å². The number of amides is 2. The Morgan fingerprint density at radius 2 is 1.74 bits per heavy atom. The van der Waals surface area contributed by atoms with Gasteiger partial charge in [-0.3, -0.25) is 25.0 Å². The third-order valence-corrected chi connectivity index (χ3v) is 2.97. The minimum atomic E-state index is -0.701. The van der Waals surface area contributed by atoms with Crippen LogP contribution in [0, 0.1) is 10.1 Å². The molecule has 7 nitrogen and oxygen atoms in total. The fourth-order valence-electron chi connectivity index (χ4n) is 1.88. The molecule has 2 aromatic carbocycles. The minimum absolute atomic E-state index is 0.0403. The Kier molecular flexibility index (Phi) is 5.03. The fraction of sp³-hybridized carbons (Fsp3) is 0.125. The third-order valence-electron chi connectivity index (χ3n) is 2.97. The van der Waals surface area contributed by atoms with Gasteiger partial charge in [-0.25, -0.2) is 0 Å². The SMILES string of the molecule is CCOc1ccc(C(=O)NC(=O)c2cccc([N+](=O)[O-])c2)cc1. The zero-order chi connectivity index (χ0) is 16.8. The lowest BCUT2D eigenvalue weighted by Gasteiger charge is -2.06. The topological polar surface area (TPSA) is 98.5 Å². The van der Waals surface area contributed by atoms with E-state index in [9.17, 15) is 19.7 Å². The van der Waals surface area contributed by atoms with Crippen molar-refractivity contribution in [1.82, 2.24) is 5.32 Å². The molecule has 118 valence electrons. The van der Waals surface area contributed by atoms with Crippen LogP contribution in [0.3, 0.4) is 0 Å². The highest BCUT2D eigenvalue weighted by atomic mass is 16.6. The molecule has 0 saturated heterocycles. The molecule has 23 heavy (non-hydrogen) atoms. The van der Waals surface area contributed by atoms with Crippen molar-refractivity contribution in [1.29, 1.82) is 0 Å². The van der Waals surface area contributed by atoms with Crippen LogP contribution in [0.1, 0.15) is 27.6 Å². The number of imide groups is 1. The molecule has 0 radical (unpaired) electrons. The quantitative estimate of drug-likeness (QED) is 0.519. The van der Waals surface area contributed by atoms with Crippen molar-refractivity contribution < 1.29 is 19.2 Å². The predicted molar refractivity (Wildman–Crippen MR) is 82.5 cm³/mol. The number of nitrogens with zero attached hydrogens (tertiary/aromatic N) is 1. The van der Waals surface area contributed by atoms with E-state index in [1.807, 2.05) is 6.92 Å². The Hall–Kier alpha value is -3.22. The summed E-state index contributed by atoms with van der Waals surface area (Å²) < 4.78 is 5.26. The maximum Gasteiger partial charge on any atom is 0.270 e. The van der Waals surface area contributed by atoms with Crippen LogP contribution in [0.4, 0.5) is 5.69 Å². The lowest BCUT2D eigenvalue weighted by molar-refractivity contribution is -0.384. The van der Waals surface area contributed by atoms with Gasteiger partial charge in [-0.15, -0.1) is 0 Å². The molecule has 7 heteroatoms. The average Bonchev–Trinajstić information content (AvgIpc) is 2.55. The summed E-state index contributed by atoms with van der Waals surface area (Å²) in [7, 11) is 0. The number of carbonyl (C=O) groups is 2. The molecule has 2 amide bonds. The van der Waals surface area contributed by atoms with Crippen molar-refractivity contribution in [3.63, 3.8) is 0 Å². The average molecular weight is 314 g/mol. The number of non-ortho nitro benzene ring substituents is 1. The summed E-state index contributed by atoms with van der Waals surface area (Å²) in [6.45, 7) is 2.36. The second-order valence-corrected chi connectivity index (χ2v) is 4.55. The highest BCUT2D eigenvalue weighted by Gasteiger charge is 2.15. The Morgan fingerprint density at radius 3 is 2.35 bits per heavy atom. The van der Waals surface area contributed by atoms with Crippen LogP contribution >= 0.6 is 0 Å². The van der Waals surface area contributed by atoms with Crippen molar-refractivity contribution in [2.45, 2.75) is 6.92 Å². The summed E-state index contributed by atoms with van der Waals surface area (Å²) in [5.41, 5.74) is 0.108. The van der Waals surface area contributed by atoms with E-state index in [1.54, 1.807) is 12.1 Å². The van der Waals surface area contributed by atoms with Crippen molar-refractivity contribution in [3.8, 4) is 5.75 Å². The second kappa shape index (κ2) is 7.17. The number of hydrogen-bond donors (Lipinski definition) is 1. The lowest BCUT2D eigenvalue weighted by atomic mass is 10.1. The number of nitro benzene ring substituents is 1. The van der Waals surface area contributed by atoms with Crippen LogP contribution in [-0.2, 0) is 0 Å².